The first-order valence-electron chi connectivity index (χ1n) is 10.9. The first-order chi connectivity index (χ1) is 13.8. The molecule has 1 unspecified atom stereocenters. The molecule has 0 radical (unpaired) electrons. The molecular formula is C23H34F4O2. The Kier molecular flexibility index (Phi) is 11.9. The van der Waals surface area contributed by atoms with Crippen molar-refractivity contribution >= 4 is 5.97 Å². The predicted molar refractivity (Wildman–Crippen MR) is 107 cm³/mol. The van der Waals surface area contributed by atoms with Crippen molar-refractivity contribution in [2.45, 2.75) is 103 Å². The molecule has 1 aromatic rings. The molecule has 2 nitrogen and oxygen atoms in total. The van der Waals surface area contributed by atoms with Gasteiger partial charge in [-0.2, -0.15) is 13.2 Å². The lowest BCUT2D eigenvalue weighted by atomic mass is 10.0. The molecule has 0 heterocycles. The molecule has 0 aliphatic carbocycles. The van der Waals surface area contributed by atoms with Crippen molar-refractivity contribution in [2.75, 3.05) is 0 Å². The lowest BCUT2D eigenvalue weighted by molar-refractivity contribution is -0.138. The van der Waals surface area contributed by atoms with E-state index in [0.29, 0.717) is 18.9 Å². The molecule has 29 heavy (non-hydrogen) atoms. The lowest BCUT2D eigenvalue weighted by Crippen LogP contribution is -2.22. The zero-order chi connectivity index (χ0) is 21.7. The number of hydrogen-bond donors (Lipinski definition) is 0. The van der Waals surface area contributed by atoms with Gasteiger partial charge in [-0.15, -0.1) is 0 Å². The maximum Gasteiger partial charge on any atom is 0.417 e. The van der Waals surface area contributed by atoms with Crippen LogP contribution in [0.25, 0.3) is 0 Å². The van der Waals surface area contributed by atoms with E-state index in [1.54, 1.807) is 0 Å². The Labute approximate surface area is 172 Å². The molecule has 1 rings (SSSR count). The molecule has 6 heteroatoms. The third-order valence-corrected chi connectivity index (χ3v) is 5.06. The Bertz CT molecular complexity index is 599. The van der Waals surface area contributed by atoms with Gasteiger partial charge in [-0.25, -0.2) is 9.18 Å². The van der Waals surface area contributed by atoms with Crippen molar-refractivity contribution in [1.29, 1.82) is 0 Å². The van der Waals surface area contributed by atoms with Crippen molar-refractivity contribution < 1.29 is 27.1 Å². The highest BCUT2D eigenvalue weighted by Gasteiger charge is 2.37. The van der Waals surface area contributed by atoms with Crippen LogP contribution in [0.1, 0.15) is 107 Å². The van der Waals surface area contributed by atoms with E-state index >= 15 is 0 Å². The summed E-state index contributed by atoms with van der Waals surface area (Å²) in [5.74, 6) is -2.42. The summed E-state index contributed by atoms with van der Waals surface area (Å²) < 4.78 is 58.9. The molecule has 0 aliphatic rings. The van der Waals surface area contributed by atoms with Crippen molar-refractivity contribution in [3.8, 4) is 0 Å². The van der Waals surface area contributed by atoms with Gasteiger partial charge in [-0.1, -0.05) is 71.3 Å². The zero-order valence-corrected chi connectivity index (χ0v) is 17.6. The number of carbonyl (C=O) groups excluding carboxylic acids is 1. The number of alkyl halides is 3. The van der Waals surface area contributed by atoms with Gasteiger partial charge in [0.2, 0.25) is 0 Å². The molecule has 0 N–H and O–H groups in total. The Balaban J connectivity index is 2.72. The van der Waals surface area contributed by atoms with Gasteiger partial charge >= 0.3 is 12.1 Å². The van der Waals surface area contributed by atoms with Gasteiger partial charge in [0, 0.05) is 0 Å². The van der Waals surface area contributed by atoms with Crippen LogP contribution < -0.4 is 0 Å². The molecule has 0 saturated heterocycles. The van der Waals surface area contributed by atoms with Crippen LogP contribution >= 0.6 is 0 Å². The topological polar surface area (TPSA) is 26.3 Å². The number of hydrogen-bond acceptors (Lipinski definition) is 2. The highest BCUT2D eigenvalue weighted by molar-refractivity contribution is 5.91. The summed E-state index contributed by atoms with van der Waals surface area (Å²) in [5, 5.41) is 0. The zero-order valence-electron chi connectivity index (χ0n) is 17.6. The number of halogens is 4. The van der Waals surface area contributed by atoms with E-state index < -0.39 is 35.2 Å². The van der Waals surface area contributed by atoms with Crippen LogP contribution in [0.4, 0.5) is 17.6 Å². The summed E-state index contributed by atoms with van der Waals surface area (Å²) in [5.41, 5.74) is -2.30. The molecule has 1 aromatic carbocycles. The van der Waals surface area contributed by atoms with E-state index in [1.165, 1.54) is 19.3 Å². The number of rotatable bonds is 14. The van der Waals surface area contributed by atoms with Crippen LogP contribution in [0.5, 0.6) is 0 Å². The van der Waals surface area contributed by atoms with E-state index in [2.05, 4.69) is 6.92 Å². The third-order valence-electron chi connectivity index (χ3n) is 5.06. The maximum absolute atomic E-state index is 14.0. The largest absolute Gasteiger partial charge is 0.459 e. The molecule has 0 bridgehead atoms. The number of benzene rings is 1. The number of ether oxygens (including phenoxy) is 1. The molecule has 0 amide bonds. The Morgan fingerprint density at radius 3 is 2.00 bits per heavy atom. The second-order valence-corrected chi connectivity index (χ2v) is 7.59. The Hall–Kier alpha value is -1.59. The number of esters is 1. The van der Waals surface area contributed by atoms with Crippen molar-refractivity contribution in [3.63, 3.8) is 0 Å². The van der Waals surface area contributed by atoms with Crippen LogP contribution in [-0.4, -0.2) is 12.1 Å². The van der Waals surface area contributed by atoms with Crippen LogP contribution in [0, 0.1) is 5.82 Å². The summed E-state index contributed by atoms with van der Waals surface area (Å²) in [6.07, 6.45) is 6.39. The fourth-order valence-electron chi connectivity index (χ4n) is 3.39. The lowest BCUT2D eigenvalue weighted by Gasteiger charge is -2.20. The van der Waals surface area contributed by atoms with Crippen LogP contribution in [0.2, 0.25) is 0 Å². The third kappa shape index (κ3) is 9.64. The summed E-state index contributed by atoms with van der Waals surface area (Å²) in [6.45, 7) is 4.21. The highest BCUT2D eigenvalue weighted by Crippen LogP contribution is 2.33. The SMILES string of the molecule is CCCCCCCCCC(CCCCC)OC(=O)c1c(F)cccc1C(F)(F)F. The smallest absolute Gasteiger partial charge is 0.417 e. The van der Waals surface area contributed by atoms with Crippen LogP contribution in [0.3, 0.4) is 0 Å². The first-order valence-corrected chi connectivity index (χ1v) is 10.9. The van der Waals surface area contributed by atoms with Gasteiger partial charge < -0.3 is 4.74 Å². The Morgan fingerprint density at radius 1 is 0.897 bits per heavy atom. The summed E-state index contributed by atoms with van der Waals surface area (Å²) >= 11 is 0. The Morgan fingerprint density at radius 2 is 1.41 bits per heavy atom. The maximum atomic E-state index is 14.0. The molecule has 1 atom stereocenters. The van der Waals surface area contributed by atoms with Crippen LogP contribution in [-0.2, 0) is 10.9 Å². The molecular weight excluding hydrogens is 384 g/mol. The van der Waals surface area contributed by atoms with Gasteiger partial charge in [0.25, 0.3) is 0 Å². The summed E-state index contributed by atoms with van der Waals surface area (Å²) in [7, 11) is 0. The molecule has 0 saturated carbocycles. The second kappa shape index (κ2) is 13.6. The summed E-state index contributed by atoms with van der Waals surface area (Å²) in [6, 6.07) is 2.52. The van der Waals surface area contributed by atoms with Crippen molar-refractivity contribution in [2.24, 2.45) is 0 Å². The first kappa shape index (κ1) is 25.4. The van der Waals surface area contributed by atoms with E-state index in [1.807, 2.05) is 6.92 Å². The minimum Gasteiger partial charge on any atom is -0.459 e. The predicted octanol–water partition coefficient (Wildman–Crippen LogP) is 8.09. The molecule has 0 aliphatic heterocycles. The molecule has 0 fully saturated rings. The minimum absolute atomic E-state index is 0.481. The van der Waals surface area contributed by atoms with E-state index in [-0.39, 0.29) is 0 Å². The monoisotopic (exact) mass is 418 g/mol. The van der Waals surface area contributed by atoms with Gasteiger partial charge in [0.15, 0.2) is 0 Å². The van der Waals surface area contributed by atoms with Gasteiger partial charge in [-0.3, -0.25) is 0 Å². The fourth-order valence-corrected chi connectivity index (χ4v) is 3.39. The highest BCUT2D eigenvalue weighted by atomic mass is 19.4. The number of carbonyl (C=O) groups is 1. The molecule has 0 spiro atoms. The summed E-state index contributed by atoms with van der Waals surface area (Å²) in [4.78, 5) is 12.4. The molecule has 166 valence electrons. The second-order valence-electron chi connectivity index (χ2n) is 7.59. The van der Waals surface area contributed by atoms with Gasteiger partial charge in [-0.05, 0) is 37.8 Å². The van der Waals surface area contributed by atoms with Crippen LogP contribution in [0.15, 0.2) is 18.2 Å². The molecule has 0 aromatic heterocycles. The van der Waals surface area contributed by atoms with Gasteiger partial charge in [0.05, 0.1) is 5.56 Å². The fraction of sp³-hybridized carbons (Fsp3) is 0.696. The van der Waals surface area contributed by atoms with E-state index in [0.717, 1.165) is 57.1 Å². The number of unbranched alkanes of at least 4 members (excludes halogenated alkanes) is 8. The standard InChI is InChI=1S/C23H34F4O2/c1-3-5-7-8-9-10-12-15-18(14-11-6-4-2)29-22(28)21-19(23(25,26)27)16-13-17-20(21)24/h13,16-18H,3-12,14-15H2,1-2H3. The normalized spacial score (nSPS) is 12.8. The van der Waals surface area contributed by atoms with E-state index in [9.17, 15) is 22.4 Å². The van der Waals surface area contributed by atoms with E-state index in [4.69, 9.17) is 4.74 Å². The average molecular weight is 419 g/mol. The quantitative estimate of drug-likeness (QED) is 0.173. The van der Waals surface area contributed by atoms with Crippen molar-refractivity contribution in [3.05, 3.63) is 35.1 Å². The minimum atomic E-state index is -4.81. The average Bonchev–Trinajstić information content (AvgIpc) is 2.66. The van der Waals surface area contributed by atoms with Gasteiger partial charge in [0.1, 0.15) is 17.5 Å². The van der Waals surface area contributed by atoms with Crippen molar-refractivity contribution in [1.82, 2.24) is 0 Å².